The van der Waals surface area contributed by atoms with Crippen molar-refractivity contribution in [2.45, 2.75) is 102 Å². The molecule has 5 aromatic carbocycles. The summed E-state index contributed by atoms with van der Waals surface area (Å²) in [5.41, 5.74) is 25.5. The van der Waals surface area contributed by atoms with Crippen LogP contribution in [-0.2, 0) is 21.7 Å². The van der Waals surface area contributed by atoms with E-state index in [9.17, 15) is 0 Å². The zero-order chi connectivity index (χ0) is 41.3. The molecule has 0 amide bonds. The molecule has 0 N–H and O–H groups in total. The van der Waals surface area contributed by atoms with Crippen molar-refractivity contribution < 1.29 is 0 Å². The number of benzene rings is 5. The third kappa shape index (κ3) is 5.05. The molecule has 2 atom stereocenters. The minimum Gasteiger partial charge on any atom is -0.341 e. The largest absolute Gasteiger partial charge is 0.341 e. The SMILES string of the molecule is CCC1=C(/C=C\CN(C2=CC3=C(CC2)C(C)(C)c2ccccc23)c2ccc3c(c2)C(C)(C)c2ccccc2-3)C(C)(C)c2cc3c(cc21)-c1ccccc1C1(C)C=CC=CC31. The van der Waals surface area contributed by atoms with Crippen molar-refractivity contribution in [3.63, 3.8) is 0 Å². The second-order valence-electron chi connectivity index (χ2n) is 20.0. The van der Waals surface area contributed by atoms with Gasteiger partial charge in [0.05, 0.1) is 0 Å². The summed E-state index contributed by atoms with van der Waals surface area (Å²) in [6.45, 7) is 20.1. The molecule has 60 heavy (non-hydrogen) atoms. The van der Waals surface area contributed by atoms with Gasteiger partial charge in [0.15, 0.2) is 0 Å². The highest BCUT2D eigenvalue weighted by Gasteiger charge is 2.45. The molecule has 0 saturated carbocycles. The van der Waals surface area contributed by atoms with Gasteiger partial charge in [0.1, 0.15) is 0 Å². The molecule has 1 nitrogen and oxygen atoms in total. The maximum atomic E-state index is 2.63. The lowest BCUT2D eigenvalue weighted by Crippen LogP contribution is -2.33. The van der Waals surface area contributed by atoms with Gasteiger partial charge in [-0.05, 0) is 127 Å². The summed E-state index contributed by atoms with van der Waals surface area (Å²) >= 11 is 0. The molecule has 298 valence electrons. The first-order valence-electron chi connectivity index (χ1n) is 22.5. The van der Waals surface area contributed by atoms with Crippen LogP contribution in [0, 0.1) is 0 Å². The molecule has 6 aliphatic carbocycles. The molecule has 0 bridgehead atoms. The third-order valence-electron chi connectivity index (χ3n) is 15.9. The number of rotatable bonds is 6. The highest BCUT2D eigenvalue weighted by atomic mass is 15.1. The van der Waals surface area contributed by atoms with E-state index < -0.39 is 0 Å². The van der Waals surface area contributed by atoms with Crippen LogP contribution in [0.15, 0.2) is 163 Å². The van der Waals surface area contributed by atoms with Gasteiger partial charge in [-0.2, -0.15) is 0 Å². The lowest BCUT2D eigenvalue weighted by atomic mass is 9.60. The van der Waals surface area contributed by atoms with E-state index in [-0.39, 0.29) is 21.7 Å². The Morgan fingerprint density at radius 3 is 2.00 bits per heavy atom. The Balaban J connectivity index is 1.01. The van der Waals surface area contributed by atoms with Gasteiger partial charge in [-0.1, -0.05) is 182 Å². The van der Waals surface area contributed by atoms with Crippen LogP contribution >= 0.6 is 0 Å². The molecule has 0 fully saturated rings. The molecule has 2 unspecified atom stereocenters. The van der Waals surface area contributed by atoms with Crippen LogP contribution in [-0.4, -0.2) is 6.54 Å². The van der Waals surface area contributed by atoms with Gasteiger partial charge < -0.3 is 4.90 Å². The molecular weight excluding hydrogens is 723 g/mol. The topological polar surface area (TPSA) is 3.24 Å². The average molecular weight is 780 g/mol. The van der Waals surface area contributed by atoms with Crippen LogP contribution in [0.4, 0.5) is 5.69 Å². The number of hydrogen-bond donors (Lipinski definition) is 0. The van der Waals surface area contributed by atoms with Gasteiger partial charge in [0, 0.05) is 45.5 Å². The summed E-state index contributed by atoms with van der Waals surface area (Å²) in [4.78, 5) is 2.63. The smallest absolute Gasteiger partial charge is 0.0414 e. The Morgan fingerprint density at radius 1 is 0.600 bits per heavy atom. The fourth-order valence-electron chi connectivity index (χ4n) is 12.6. The summed E-state index contributed by atoms with van der Waals surface area (Å²) in [7, 11) is 0. The number of allylic oxidation sites excluding steroid dienone is 11. The second-order valence-corrected chi connectivity index (χ2v) is 20.0. The molecule has 6 aliphatic rings. The molecule has 0 saturated heterocycles. The van der Waals surface area contributed by atoms with Crippen LogP contribution in [0.3, 0.4) is 0 Å². The fourth-order valence-corrected chi connectivity index (χ4v) is 12.6. The zero-order valence-electron chi connectivity index (χ0n) is 36.7. The Bertz CT molecular complexity index is 2870. The van der Waals surface area contributed by atoms with Gasteiger partial charge in [-0.25, -0.2) is 0 Å². The van der Waals surface area contributed by atoms with Crippen molar-refractivity contribution in [2.75, 3.05) is 11.4 Å². The predicted molar refractivity (Wildman–Crippen MR) is 255 cm³/mol. The molecule has 0 aliphatic heterocycles. The average Bonchev–Trinajstić information content (AvgIpc) is 3.73. The number of anilines is 1. The second kappa shape index (κ2) is 12.9. The quantitative estimate of drug-likeness (QED) is 0.166. The van der Waals surface area contributed by atoms with E-state index in [0.29, 0.717) is 5.92 Å². The van der Waals surface area contributed by atoms with E-state index in [0.717, 1.165) is 25.8 Å². The van der Waals surface area contributed by atoms with E-state index in [4.69, 9.17) is 0 Å². The summed E-state index contributed by atoms with van der Waals surface area (Å²) in [5.74, 6) is 0.314. The van der Waals surface area contributed by atoms with Gasteiger partial charge in [-0.3, -0.25) is 0 Å². The summed E-state index contributed by atoms with van der Waals surface area (Å²) < 4.78 is 0. The molecule has 11 rings (SSSR count). The molecule has 0 heterocycles. The maximum absolute atomic E-state index is 2.63. The minimum absolute atomic E-state index is 0.0536. The highest BCUT2D eigenvalue weighted by Crippen LogP contribution is 2.58. The fraction of sp³-hybridized carbons (Fsp3) is 0.288. The van der Waals surface area contributed by atoms with Crippen LogP contribution in [0.1, 0.15) is 125 Å². The lowest BCUT2D eigenvalue weighted by molar-refractivity contribution is 0.517. The molecule has 5 aromatic rings. The van der Waals surface area contributed by atoms with Gasteiger partial charge in [0.2, 0.25) is 0 Å². The minimum atomic E-state index is -0.120. The van der Waals surface area contributed by atoms with E-state index in [1.165, 1.54) is 94.9 Å². The Hall–Kier alpha value is -5.66. The number of nitrogens with zero attached hydrogens (tertiary/aromatic N) is 1. The molecule has 0 spiro atoms. The monoisotopic (exact) mass is 779 g/mol. The first-order valence-corrected chi connectivity index (χ1v) is 22.5. The van der Waals surface area contributed by atoms with E-state index in [2.05, 4.69) is 206 Å². The van der Waals surface area contributed by atoms with E-state index in [1.54, 1.807) is 5.57 Å². The lowest BCUT2D eigenvalue weighted by Gasteiger charge is -2.43. The van der Waals surface area contributed by atoms with E-state index >= 15 is 0 Å². The van der Waals surface area contributed by atoms with Crippen molar-refractivity contribution in [2.24, 2.45) is 0 Å². The normalized spacial score (nSPS) is 22.7. The Labute approximate surface area is 358 Å². The van der Waals surface area contributed by atoms with E-state index in [1.807, 2.05) is 0 Å². The van der Waals surface area contributed by atoms with Crippen molar-refractivity contribution in [3.05, 3.63) is 207 Å². The Kier molecular flexibility index (Phi) is 8.04. The number of fused-ring (bicyclic) bond motifs is 12. The first-order chi connectivity index (χ1) is 28.9. The van der Waals surface area contributed by atoms with Gasteiger partial charge >= 0.3 is 0 Å². The highest BCUT2D eigenvalue weighted by molar-refractivity contribution is 5.90. The van der Waals surface area contributed by atoms with Crippen LogP contribution in [0.5, 0.6) is 0 Å². The van der Waals surface area contributed by atoms with Crippen LogP contribution in [0.2, 0.25) is 0 Å². The zero-order valence-corrected chi connectivity index (χ0v) is 36.7. The van der Waals surface area contributed by atoms with Crippen molar-refractivity contribution in [3.8, 4) is 22.3 Å². The van der Waals surface area contributed by atoms with Gasteiger partial charge in [0.25, 0.3) is 0 Å². The summed E-state index contributed by atoms with van der Waals surface area (Å²) in [5, 5.41) is 0. The Morgan fingerprint density at radius 2 is 1.25 bits per heavy atom. The molecule has 0 aromatic heterocycles. The summed E-state index contributed by atoms with van der Waals surface area (Å²) in [6, 6.07) is 39.7. The summed E-state index contributed by atoms with van der Waals surface area (Å²) in [6.07, 6.45) is 20.0. The van der Waals surface area contributed by atoms with Crippen LogP contribution < -0.4 is 4.90 Å². The number of hydrogen-bond acceptors (Lipinski definition) is 1. The van der Waals surface area contributed by atoms with Crippen molar-refractivity contribution in [1.82, 2.24) is 0 Å². The maximum Gasteiger partial charge on any atom is 0.0414 e. The van der Waals surface area contributed by atoms with Crippen LogP contribution in [0.25, 0.3) is 33.4 Å². The van der Waals surface area contributed by atoms with Crippen molar-refractivity contribution in [1.29, 1.82) is 0 Å². The molecule has 0 radical (unpaired) electrons. The van der Waals surface area contributed by atoms with Gasteiger partial charge in [-0.15, -0.1) is 0 Å². The molecule has 1 heteroatoms. The van der Waals surface area contributed by atoms with Crippen molar-refractivity contribution >= 4 is 16.8 Å². The standard InChI is InChI=1S/C59H57N/c1-9-39-46-35-44-41-20-12-15-24-52(41)59(8)31-17-16-25-53(59)47(44)36-55(46)57(4,5)48(39)26-18-32-60(37-28-30-51-45(33-37)42-21-11-14-23-50(42)56(51,2)3)38-27-29-43-40-19-10-13-22-49(40)58(6,7)54(43)34-38/h10-27,29,31,33-36,53H,9,28,30,32H2,1-8H3/b26-18-. The predicted octanol–water partition coefficient (Wildman–Crippen LogP) is 15.1. The third-order valence-corrected chi connectivity index (χ3v) is 15.9. The molecular formula is C59H57N. The first kappa shape index (κ1) is 37.3.